The normalized spacial score (nSPS) is 22.7. The van der Waals surface area contributed by atoms with Crippen molar-refractivity contribution in [1.29, 1.82) is 0 Å². The lowest BCUT2D eigenvalue weighted by molar-refractivity contribution is -0.147. The highest BCUT2D eigenvalue weighted by Gasteiger charge is 2.25. The molecule has 0 saturated carbocycles. The van der Waals surface area contributed by atoms with Crippen LogP contribution in [0.4, 0.5) is 0 Å². The number of esters is 1. The Morgan fingerprint density at radius 2 is 2.33 bits per heavy atom. The number of unbranched alkanes of at least 4 members (excludes halogenated alkanes) is 1. The van der Waals surface area contributed by atoms with Crippen molar-refractivity contribution in [3.8, 4) is 0 Å². The van der Waals surface area contributed by atoms with Gasteiger partial charge in [-0.25, -0.2) is 0 Å². The molecule has 0 aromatic heterocycles. The zero-order valence-corrected chi connectivity index (χ0v) is 9.58. The van der Waals surface area contributed by atoms with Crippen LogP contribution in [0.5, 0.6) is 0 Å². The second-order valence-electron chi connectivity index (χ2n) is 4.16. The van der Waals surface area contributed by atoms with Crippen LogP contribution in [0.2, 0.25) is 0 Å². The predicted molar refractivity (Wildman–Crippen MR) is 59.5 cm³/mol. The van der Waals surface area contributed by atoms with Crippen LogP contribution in [-0.2, 0) is 9.53 Å². The number of carbonyl (C=O) groups excluding carboxylic acids is 1. The van der Waals surface area contributed by atoms with E-state index >= 15 is 0 Å². The third-order valence-electron chi connectivity index (χ3n) is 2.97. The summed E-state index contributed by atoms with van der Waals surface area (Å²) in [6, 6.07) is 0. The van der Waals surface area contributed by atoms with Gasteiger partial charge in [-0.3, -0.25) is 4.79 Å². The maximum atomic E-state index is 11.4. The Labute approximate surface area is 91.8 Å². The number of hydrogen-bond donors (Lipinski definition) is 1. The number of nitrogens with zero attached hydrogens (tertiary/aromatic N) is 1. The highest BCUT2D eigenvalue weighted by atomic mass is 16.5. The molecular formula is C11H22N2O2. The maximum Gasteiger partial charge on any atom is 0.309 e. The molecule has 1 atom stereocenters. The van der Waals surface area contributed by atoms with Crippen LogP contribution in [0, 0.1) is 5.92 Å². The van der Waals surface area contributed by atoms with E-state index in [1.54, 1.807) is 0 Å². The molecule has 1 rings (SSSR count). The minimum atomic E-state index is -0.0569. The molecule has 0 amide bonds. The molecule has 4 heteroatoms. The third kappa shape index (κ3) is 4.18. The minimum absolute atomic E-state index is 0.0569. The van der Waals surface area contributed by atoms with Crippen LogP contribution in [0.3, 0.4) is 0 Å². The number of methoxy groups -OCH3 is 1. The molecule has 1 saturated heterocycles. The Bertz CT molecular complexity index is 197. The Morgan fingerprint density at radius 3 is 3.00 bits per heavy atom. The average Bonchev–Trinajstić information content (AvgIpc) is 2.29. The molecular weight excluding hydrogens is 192 g/mol. The van der Waals surface area contributed by atoms with Gasteiger partial charge in [0, 0.05) is 6.54 Å². The largest absolute Gasteiger partial charge is 0.469 e. The molecule has 1 aliphatic heterocycles. The average molecular weight is 214 g/mol. The van der Waals surface area contributed by atoms with Gasteiger partial charge in [0.15, 0.2) is 0 Å². The van der Waals surface area contributed by atoms with E-state index in [9.17, 15) is 4.79 Å². The summed E-state index contributed by atoms with van der Waals surface area (Å²) >= 11 is 0. The van der Waals surface area contributed by atoms with Gasteiger partial charge < -0.3 is 15.4 Å². The molecule has 0 bridgehead atoms. The Balaban J connectivity index is 2.26. The molecule has 1 aliphatic rings. The molecule has 1 fully saturated rings. The highest BCUT2D eigenvalue weighted by molar-refractivity contribution is 5.72. The number of carbonyl (C=O) groups is 1. The zero-order valence-electron chi connectivity index (χ0n) is 9.58. The Morgan fingerprint density at radius 1 is 1.53 bits per heavy atom. The van der Waals surface area contributed by atoms with Gasteiger partial charge in [-0.05, 0) is 45.3 Å². The molecule has 0 aromatic rings. The van der Waals surface area contributed by atoms with Gasteiger partial charge in [-0.1, -0.05) is 0 Å². The number of likely N-dealkylation sites (tertiary alicyclic amines) is 1. The summed E-state index contributed by atoms with van der Waals surface area (Å²) < 4.78 is 4.78. The van der Waals surface area contributed by atoms with E-state index in [4.69, 9.17) is 10.5 Å². The molecule has 2 N–H and O–H groups in total. The van der Waals surface area contributed by atoms with Crippen molar-refractivity contribution < 1.29 is 9.53 Å². The molecule has 15 heavy (non-hydrogen) atoms. The van der Waals surface area contributed by atoms with Crippen molar-refractivity contribution in [2.24, 2.45) is 11.7 Å². The summed E-state index contributed by atoms with van der Waals surface area (Å²) in [6.45, 7) is 3.79. The van der Waals surface area contributed by atoms with Crippen LogP contribution in [0.25, 0.3) is 0 Å². The lowest BCUT2D eigenvalue weighted by atomic mass is 9.98. The van der Waals surface area contributed by atoms with Crippen molar-refractivity contribution in [3.63, 3.8) is 0 Å². The van der Waals surface area contributed by atoms with E-state index in [0.29, 0.717) is 0 Å². The number of ether oxygens (including phenoxy) is 1. The van der Waals surface area contributed by atoms with Gasteiger partial charge in [0.25, 0.3) is 0 Å². The summed E-state index contributed by atoms with van der Waals surface area (Å²) in [5, 5.41) is 0. The fourth-order valence-corrected chi connectivity index (χ4v) is 2.10. The first-order valence-electron chi connectivity index (χ1n) is 5.78. The van der Waals surface area contributed by atoms with Crippen LogP contribution >= 0.6 is 0 Å². The minimum Gasteiger partial charge on any atom is -0.469 e. The van der Waals surface area contributed by atoms with E-state index < -0.39 is 0 Å². The second-order valence-corrected chi connectivity index (χ2v) is 4.16. The van der Waals surface area contributed by atoms with Gasteiger partial charge in [-0.15, -0.1) is 0 Å². The van der Waals surface area contributed by atoms with Crippen LogP contribution in [0.1, 0.15) is 25.7 Å². The zero-order chi connectivity index (χ0) is 11.1. The summed E-state index contributed by atoms with van der Waals surface area (Å²) in [7, 11) is 1.47. The van der Waals surface area contributed by atoms with Crippen molar-refractivity contribution in [2.75, 3.05) is 33.3 Å². The van der Waals surface area contributed by atoms with E-state index in [1.807, 2.05) is 0 Å². The first kappa shape index (κ1) is 12.5. The van der Waals surface area contributed by atoms with Crippen molar-refractivity contribution in [1.82, 2.24) is 4.90 Å². The maximum absolute atomic E-state index is 11.4. The number of nitrogens with two attached hydrogens (primary N) is 1. The molecule has 88 valence electrons. The van der Waals surface area contributed by atoms with Crippen LogP contribution in [-0.4, -0.2) is 44.2 Å². The highest BCUT2D eigenvalue weighted by Crippen LogP contribution is 2.17. The number of piperidine rings is 1. The van der Waals surface area contributed by atoms with E-state index in [2.05, 4.69) is 4.90 Å². The summed E-state index contributed by atoms with van der Waals surface area (Å²) in [4.78, 5) is 13.7. The van der Waals surface area contributed by atoms with Gasteiger partial charge in [0.05, 0.1) is 13.0 Å². The molecule has 0 aliphatic carbocycles. The molecule has 0 aromatic carbocycles. The quantitative estimate of drug-likeness (QED) is 0.538. The van der Waals surface area contributed by atoms with Crippen molar-refractivity contribution in [2.45, 2.75) is 25.7 Å². The summed E-state index contributed by atoms with van der Waals surface area (Å²) in [5.74, 6) is 0.0279. The molecule has 0 spiro atoms. The molecule has 1 heterocycles. The van der Waals surface area contributed by atoms with Gasteiger partial charge in [-0.2, -0.15) is 0 Å². The molecule has 4 nitrogen and oxygen atoms in total. The smallest absolute Gasteiger partial charge is 0.309 e. The Hall–Kier alpha value is -0.610. The predicted octanol–water partition coefficient (Wildman–Crippen LogP) is 0.610. The summed E-state index contributed by atoms with van der Waals surface area (Å²) in [5.41, 5.74) is 5.45. The molecule has 1 unspecified atom stereocenters. The summed E-state index contributed by atoms with van der Waals surface area (Å²) in [6.07, 6.45) is 4.27. The SMILES string of the molecule is COC(=O)C1CCCN(CCCCN)C1. The van der Waals surface area contributed by atoms with Crippen LogP contribution < -0.4 is 5.73 Å². The van der Waals surface area contributed by atoms with Gasteiger partial charge in [0.1, 0.15) is 0 Å². The van der Waals surface area contributed by atoms with Crippen molar-refractivity contribution >= 4 is 5.97 Å². The lowest BCUT2D eigenvalue weighted by Gasteiger charge is -2.31. The van der Waals surface area contributed by atoms with Crippen LogP contribution in [0.15, 0.2) is 0 Å². The van der Waals surface area contributed by atoms with E-state index in [-0.39, 0.29) is 11.9 Å². The standard InChI is InChI=1S/C11H22N2O2/c1-15-11(14)10-5-4-8-13(9-10)7-3-2-6-12/h10H,2-9,12H2,1H3. The first-order chi connectivity index (χ1) is 7.27. The van der Waals surface area contributed by atoms with Gasteiger partial charge >= 0.3 is 5.97 Å². The lowest BCUT2D eigenvalue weighted by Crippen LogP contribution is -2.39. The first-order valence-corrected chi connectivity index (χ1v) is 5.78. The third-order valence-corrected chi connectivity index (χ3v) is 2.97. The number of hydrogen-bond acceptors (Lipinski definition) is 4. The van der Waals surface area contributed by atoms with E-state index in [1.165, 1.54) is 7.11 Å². The Kier molecular flexibility index (Phi) is 5.65. The fraction of sp³-hybridized carbons (Fsp3) is 0.909. The molecule has 0 radical (unpaired) electrons. The fourth-order valence-electron chi connectivity index (χ4n) is 2.10. The second kappa shape index (κ2) is 6.80. The monoisotopic (exact) mass is 214 g/mol. The topological polar surface area (TPSA) is 55.6 Å². The van der Waals surface area contributed by atoms with Crippen molar-refractivity contribution in [3.05, 3.63) is 0 Å². The van der Waals surface area contributed by atoms with Gasteiger partial charge in [0.2, 0.25) is 0 Å². The number of rotatable bonds is 5. The van der Waals surface area contributed by atoms with E-state index in [0.717, 1.165) is 51.9 Å².